The van der Waals surface area contributed by atoms with Gasteiger partial charge in [-0.2, -0.15) is 0 Å². The Morgan fingerprint density at radius 1 is 0.315 bits per heavy atom. The van der Waals surface area contributed by atoms with E-state index in [1.165, 1.54) is 135 Å². The maximum Gasteiger partial charge on any atom is 0.472 e. The van der Waals surface area contributed by atoms with E-state index in [9.17, 15) is 43.2 Å². The molecule has 89 heavy (non-hydrogen) atoms. The van der Waals surface area contributed by atoms with Crippen LogP contribution in [0.2, 0.25) is 0 Å². The van der Waals surface area contributed by atoms with Gasteiger partial charge in [-0.3, -0.25) is 37.3 Å². The summed E-state index contributed by atoms with van der Waals surface area (Å²) in [6.07, 6.45) is 41.9. The van der Waals surface area contributed by atoms with Crippen molar-refractivity contribution in [3.63, 3.8) is 0 Å². The molecular formula is C70H136O17P2. The topological polar surface area (TPSA) is 237 Å². The lowest BCUT2D eigenvalue weighted by atomic mass is 9.99. The van der Waals surface area contributed by atoms with Gasteiger partial charge in [0, 0.05) is 25.7 Å². The first-order chi connectivity index (χ1) is 42.7. The highest BCUT2D eigenvalue weighted by molar-refractivity contribution is 7.47. The molecule has 0 aromatic heterocycles. The van der Waals surface area contributed by atoms with Gasteiger partial charge in [0.1, 0.15) is 19.3 Å². The molecule has 0 saturated heterocycles. The second kappa shape index (κ2) is 59.8. The minimum absolute atomic E-state index is 0.103. The number of esters is 4. The van der Waals surface area contributed by atoms with Gasteiger partial charge in [-0.05, 0) is 49.4 Å². The average Bonchev–Trinajstić information content (AvgIpc) is 3.68. The highest BCUT2D eigenvalue weighted by Gasteiger charge is 2.30. The molecule has 0 aromatic carbocycles. The molecule has 0 aliphatic carbocycles. The third-order valence-electron chi connectivity index (χ3n) is 16.8. The Bertz CT molecular complexity index is 1770. The Morgan fingerprint density at radius 2 is 0.539 bits per heavy atom. The summed E-state index contributed by atoms with van der Waals surface area (Å²) < 4.78 is 68.2. The lowest BCUT2D eigenvalue weighted by Crippen LogP contribution is -2.30. The number of hydrogen-bond donors (Lipinski definition) is 3. The number of phosphoric ester groups is 2. The molecule has 0 radical (unpaired) electrons. The van der Waals surface area contributed by atoms with Crippen molar-refractivity contribution in [3.05, 3.63) is 0 Å². The zero-order chi connectivity index (χ0) is 66.1. The molecule has 0 amide bonds. The number of aliphatic hydroxyl groups excluding tert-OH is 1. The van der Waals surface area contributed by atoms with Crippen LogP contribution >= 0.6 is 15.6 Å². The Labute approximate surface area is 543 Å². The van der Waals surface area contributed by atoms with Gasteiger partial charge in [-0.25, -0.2) is 9.13 Å². The number of ether oxygens (including phenoxy) is 4. The van der Waals surface area contributed by atoms with Crippen LogP contribution in [0.5, 0.6) is 0 Å². The van der Waals surface area contributed by atoms with Crippen molar-refractivity contribution in [1.29, 1.82) is 0 Å². The molecule has 0 aromatic rings. The Kier molecular flexibility index (Phi) is 58.5. The van der Waals surface area contributed by atoms with E-state index in [0.717, 1.165) is 120 Å². The fourth-order valence-electron chi connectivity index (χ4n) is 10.4. The number of aliphatic hydroxyl groups is 1. The fraction of sp³-hybridized carbons (Fsp3) is 0.943. The number of unbranched alkanes of at least 4 members (excludes halogenated alkanes) is 31. The summed E-state index contributed by atoms with van der Waals surface area (Å²) in [5.41, 5.74) is 0. The van der Waals surface area contributed by atoms with E-state index in [-0.39, 0.29) is 25.7 Å². The van der Waals surface area contributed by atoms with Gasteiger partial charge in [0.25, 0.3) is 0 Å². The molecule has 0 rings (SSSR count). The number of rotatable bonds is 67. The standard InChI is InChI=1S/C70H136O17P2/c1-9-62(7)48-40-32-23-20-21-25-37-45-53-70(75)87-65(56-80-67(72)50-42-34-28-26-31-39-47-61(5)6)58-84-88(76,77)82-54-64(71)55-83-89(78,79)85-59-66(57-81-68(73)51-43-35-29-27-33-41-49-63(8)10-2)86-69(74)52-44-36-24-19-17-15-13-11-12-14-16-18-22-30-38-46-60(3)4/h60-66,71H,9-59H2,1-8H3,(H,76,77)(H,78,79)/t62?,63?,64-,65+,66+/m0/s1. The predicted octanol–water partition coefficient (Wildman–Crippen LogP) is 19.7. The Hall–Kier alpha value is -1.94. The normalized spacial score (nSPS) is 14.9. The zero-order valence-corrected chi connectivity index (χ0v) is 59.8. The van der Waals surface area contributed by atoms with Crippen molar-refractivity contribution >= 4 is 39.5 Å². The molecule has 0 spiro atoms. The first-order valence-electron chi connectivity index (χ1n) is 36.3. The molecule has 528 valence electrons. The second-order valence-corrected chi connectivity index (χ2v) is 29.6. The molecule has 7 atom stereocenters. The molecule has 0 bridgehead atoms. The van der Waals surface area contributed by atoms with Gasteiger partial charge in [-0.1, -0.05) is 293 Å². The summed E-state index contributed by atoms with van der Waals surface area (Å²) in [4.78, 5) is 72.5. The van der Waals surface area contributed by atoms with E-state index < -0.39 is 97.5 Å². The fourth-order valence-corrected chi connectivity index (χ4v) is 12.0. The van der Waals surface area contributed by atoms with Crippen LogP contribution in [0.4, 0.5) is 0 Å². The van der Waals surface area contributed by atoms with Crippen LogP contribution in [0.1, 0.15) is 344 Å². The largest absolute Gasteiger partial charge is 0.472 e. The van der Waals surface area contributed by atoms with Gasteiger partial charge in [0.2, 0.25) is 0 Å². The minimum Gasteiger partial charge on any atom is -0.462 e. The molecule has 3 N–H and O–H groups in total. The van der Waals surface area contributed by atoms with Crippen LogP contribution < -0.4 is 0 Å². The summed E-state index contributed by atoms with van der Waals surface area (Å²) in [6, 6.07) is 0. The van der Waals surface area contributed by atoms with Crippen LogP contribution in [0.3, 0.4) is 0 Å². The van der Waals surface area contributed by atoms with Gasteiger partial charge >= 0.3 is 39.5 Å². The average molecular weight is 1310 g/mol. The van der Waals surface area contributed by atoms with Crippen molar-refractivity contribution in [3.8, 4) is 0 Å². The highest BCUT2D eigenvalue weighted by Crippen LogP contribution is 2.45. The Morgan fingerprint density at radius 3 is 0.798 bits per heavy atom. The maximum absolute atomic E-state index is 13.0. The molecule has 0 heterocycles. The van der Waals surface area contributed by atoms with E-state index in [1.54, 1.807) is 0 Å². The number of carbonyl (C=O) groups is 4. The summed E-state index contributed by atoms with van der Waals surface area (Å²) in [5, 5.41) is 10.6. The monoisotopic (exact) mass is 1310 g/mol. The van der Waals surface area contributed by atoms with E-state index in [2.05, 4.69) is 55.4 Å². The van der Waals surface area contributed by atoms with Crippen molar-refractivity contribution in [2.24, 2.45) is 23.7 Å². The van der Waals surface area contributed by atoms with Crippen LogP contribution in [-0.4, -0.2) is 96.7 Å². The summed E-state index contributed by atoms with van der Waals surface area (Å²) >= 11 is 0. The summed E-state index contributed by atoms with van der Waals surface area (Å²) in [6.45, 7) is 14.0. The predicted molar refractivity (Wildman–Crippen MR) is 358 cm³/mol. The van der Waals surface area contributed by atoms with Crippen LogP contribution in [0.25, 0.3) is 0 Å². The third kappa shape index (κ3) is 62.0. The summed E-state index contributed by atoms with van der Waals surface area (Å²) in [7, 11) is -9.90. The molecule has 4 unspecified atom stereocenters. The van der Waals surface area contributed by atoms with Crippen molar-refractivity contribution in [2.45, 2.75) is 363 Å². The van der Waals surface area contributed by atoms with Crippen LogP contribution in [0.15, 0.2) is 0 Å². The highest BCUT2D eigenvalue weighted by atomic mass is 31.2. The lowest BCUT2D eigenvalue weighted by molar-refractivity contribution is -0.161. The number of hydrogen-bond acceptors (Lipinski definition) is 15. The third-order valence-corrected chi connectivity index (χ3v) is 18.7. The smallest absolute Gasteiger partial charge is 0.462 e. The number of carbonyl (C=O) groups excluding carboxylic acids is 4. The van der Waals surface area contributed by atoms with Gasteiger partial charge in [-0.15, -0.1) is 0 Å². The zero-order valence-electron chi connectivity index (χ0n) is 58.1. The second-order valence-electron chi connectivity index (χ2n) is 26.7. The minimum atomic E-state index is -4.95. The molecule has 17 nitrogen and oxygen atoms in total. The maximum atomic E-state index is 13.0. The lowest BCUT2D eigenvalue weighted by Gasteiger charge is -2.21. The van der Waals surface area contributed by atoms with Gasteiger partial charge < -0.3 is 33.8 Å². The quantitative estimate of drug-likeness (QED) is 0.0222. The molecular weight excluding hydrogens is 1170 g/mol. The van der Waals surface area contributed by atoms with Crippen LogP contribution in [-0.2, 0) is 65.4 Å². The SMILES string of the molecule is CCC(C)CCCCCCCCCCC(=O)O[C@H](COC(=O)CCCCCCCCC(C)C)COP(=O)(O)OC[C@H](O)COP(=O)(O)OC[C@@H](COC(=O)CCCCCCCCC(C)CC)OC(=O)CCCCCCCCCCCCCCCCCC(C)C. The van der Waals surface area contributed by atoms with E-state index in [1.807, 2.05) is 0 Å². The van der Waals surface area contributed by atoms with E-state index >= 15 is 0 Å². The molecule has 0 saturated carbocycles. The summed E-state index contributed by atoms with van der Waals surface area (Å²) in [5.74, 6) is 0.849. The Balaban J connectivity index is 5.22. The number of phosphoric acid groups is 2. The molecule has 0 fully saturated rings. The molecule has 19 heteroatoms. The molecule has 0 aliphatic heterocycles. The van der Waals surface area contributed by atoms with Crippen molar-refractivity contribution in [1.82, 2.24) is 0 Å². The molecule has 0 aliphatic rings. The first kappa shape index (κ1) is 87.1. The van der Waals surface area contributed by atoms with E-state index in [4.69, 9.17) is 37.0 Å². The van der Waals surface area contributed by atoms with Crippen molar-refractivity contribution in [2.75, 3.05) is 39.6 Å². The first-order valence-corrected chi connectivity index (χ1v) is 39.3. The van der Waals surface area contributed by atoms with Crippen LogP contribution in [0, 0.1) is 23.7 Å². The van der Waals surface area contributed by atoms with Gasteiger partial charge in [0.15, 0.2) is 12.2 Å². The van der Waals surface area contributed by atoms with Gasteiger partial charge in [0.05, 0.1) is 26.4 Å². The van der Waals surface area contributed by atoms with E-state index in [0.29, 0.717) is 31.6 Å². The van der Waals surface area contributed by atoms with Crippen molar-refractivity contribution < 1.29 is 80.2 Å².